The van der Waals surface area contributed by atoms with Crippen LogP contribution in [-0.4, -0.2) is 25.7 Å². The molecular formula is C20H16FN5OS. The first kappa shape index (κ1) is 18.0. The predicted octanol–water partition coefficient (Wildman–Crippen LogP) is 4.40. The highest BCUT2D eigenvalue weighted by atomic mass is 32.1. The molecule has 0 aliphatic rings. The first-order valence-electron chi connectivity index (χ1n) is 8.53. The van der Waals surface area contributed by atoms with Gasteiger partial charge < -0.3 is 0 Å². The number of hydrogen-bond donors (Lipinski definition) is 1. The molecule has 3 aromatic heterocycles. The number of anilines is 1. The Kier molecular flexibility index (Phi) is 4.70. The average molecular weight is 393 g/mol. The van der Waals surface area contributed by atoms with E-state index in [1.165, 1.54) is 23.5 Å². The number of carbonyl (C=O) groups excluding carboxylic acids is 1. The Hall–Kier alpha value is -3.39. The van der Waals surface area contributed by atoms with Gasteiger partial charge in [0.1, 0.15) is 11.5 Å². The van der Waals surface area contributed by atoms with E-state index < -0.39 is 0 Å². The average Bonchev–Trinajstić information content (AvgIpc) is 3.27. The Morgan fingerprint density at radius 2 is 1.89 bits per heavy atom. The van der Waals surface area contributed by atoms with E-state index in [-0.39, 0.29) is 11.7 Å². The Morgan fingerprint density at radius 3 is 2.61 bits per heavy atom. The summed E-state index contributed by atoms with van der Waals surface area (Å²) in [6, 6.07) is 11.5. The van der Waals surface area contributed by atoms with Crippen LogP contribution in [-0.2, 0) is 0 Å². The quantitative estimate of drug-likeness (QED) is 0.558. The maximum Gasteiger partial charge on any atom is 0.261 e. The minimum absolute atomic E-state index is 0.287. The molecule has 0 saturated carbocycles. The lowest BCUT2D eigenvalue weighted by atomic mass is 10.2. The lowest BCUT2D eigenvalue weighted by Crippen LogP contribution is -2.14. The number of benzene rings is 1. The maximum absolute atomic E-state index is 13.2. The molecule has 0 aliphatic heterocycles. The zero-order chi connectivity index (χ0) is 19.7. The number of halogens is 1. The molecule has 0 atom stereocenters. The highest BCUT2D eigenvalue weighted by molar-refractivity contribution is 7.14. The lowest BCUT2D eigenvalue weighted by molar-refractivity contribution is 0.102. The van der Waals surface area contributed by atoms with E-state index in [1.807, 2.05) is 23.6 Å². The van der Waals surface area contributed by atoms with Crippen molar-refractivity contribution in [3.8, 4) is 17.1 Å². The third-order valence-electron chi connectivity index (χ3n) is 4.24. The zero-order valence-corrected chi connectivity index (χ0v) is 16.0. The van der Waals surface area contributed by atoms with Gasteiger partial charge in [-0.1, -0.05) is 6.07 Å². The van der Waals surface area contributed by atoms with Crippen LogP contribution in [0, 0.1) is 19.7 Å². The topological polar surface area (TPSA) is 72.7 Å². The van der Waals surface area contributed by atoms with Gasteiger partial charge in [-0.25, -0.2) is 14.1 Å². The molecular weight excluding hydrogens is 377 g/mol. The first-order chi connectivity index (χ1) is 13.5. The van der Waals surface area contributed by atoms with Crippen LogP contribution in [0.25, 0.3) is 17.1 Å². The Morgan fingerprint density at radius 1 is 1.11 bits per heavy atom. The van der Waals surface area contributed by atoms with Crippen LogP contribution in [0.15, 0.2) is 54.0 Å². The maximum atomic E-state index is 13.2. The molecule has 4 rings (SSSR count). The molecule has 0 bridgehead atoms. The molecule has 3 heterocycles. The number of hydrogen-bond acceptors (Lipinski definition) is 5. The fourth-order valence-corrected chi connectivity index (χ4v) is 3.63. The van der Waals surface area contributed by atoms with E-state index in [0.717, 1.165) is 5.69 Å². The largest absolute Gasteiger partial charge is 0.298 e. The highest BCUT2D eigenvalue weighted by Gasteiger charge is 2.20. The van der Waals surface area contributed by atoms with Gasteiger partial charge in [-0.3, -0.25) is 15.1 Å². The summed E-state index contributed by atoms with van der Waals surface area (Å²) in [5.41, 5.74) is 3.86. The number of aromatic nitrogens is 4. The van der Waals surface area contributed by atoms with Crippen molar-refractivity contribution in [2.45, 2.75) is 13.8 Å². The molecule has 0 unspecified atom stereocenters. The number of thiazole rings is 1. The molecule has 0 radical (unpaired) electrons. The Bertz CT molecular complexity index is 1140. The molecule has 0 spiro atoms. The predicted molar refractivity (Wildman–Crippen MR) is 106 cm³/mol. The molecule has 1 amide bonds. The van der Waals surface area contributed by atoms with Crippen LogP contribution in [0.4, 0.5) is 9.52 Å². The van der Waals surface area contributed by atoms with Gasteiger partial charge in [-0.05, 0) is 50.2 Å². The van der Waals surface area contributed by atoms with Gasteiger partial charge in [0.05, 0.1) is 28.3 Å². The van der Waals surface area contributed by atoms with Crippen molar-refractivity contribution in [1.29, 1.82) is 0 Å². The van der Waals surface area contributed by atoms with E-state index in [0.29, 0.717) is 33.5 Å². The van der Waals surface area contributed by atoms with Crippen LogP contribution >= 0.6 is 11.3 Å². The van der Waals surface area contributed by atoms with Crippen molar-refractivity contribution in [2.75, 3.05) is 5.32 Å². The van der Waals surface area contributed by atoms with E-state index in [9.17, 15) is 9.18 Å². The van der Waals surface area contributed by atoms with Crippen LogP contribution in [0.5, 0.6) is 0 Å². The third kappa shape index (κ3) is 3.41. The van der Waals surface area contributed by atoms with Gasteiger partial charge >= 0.3 is 0 Å². The van der Waals surface area contributed by atoms with Crippen molar-refractivity contribution in [2.24, 2.45) is 0 Å². The van der Waals surface area contributed by atoms with E-state index >= 15 is 0 Å². The standard InChI is InChI=1S/C20H16FN5OS/c1-12-18(13(2)26(25-12)15-8-6-14(21)7-9-15)19(27)24-20-23-17(11-28-20)16-5-3-4-10-22-16/h3-11H,1-2H3,(H,23,24,27). The molecule has 6 nitrogen and oxygen atoms in total. The highest BCUT2D eigenvalue weighted by Crippen LogP contribution is 2.25. The monoisotopic (exact) mass is 393 g/mol. The number of aryl methyl sites for hydroxylation is 1. The summed E-state index contributed by atoms with van der Waals surface area (Å²) >= 11 is 1.33. The summed E-state index contributed by atoms with van der Waals surface area (Å²) in [7, 11) is 0. The molecule has 0 aliphatic carbocycles. The molecule has 8 heteroatoms. The van der Waals surface area contributed by atoms with Gasteiger partial charge in [0.2, 0.25) is 0 Å². The normalized spacial score (nSPS) is 10.8. The summed E-state index contributed by atoms with van der Waals surface area (Å²) < 4.78 is 14.8. The summed E-state index contributed by atoms with van der Waals surface area (Å²) in [5.74, 6) is -0.610. The lowest BCUT2D eigenvalue weighted by Gasteiger charge is -2.05. The van der Waals surface area contributed by atoms with E-state index in [2.05, 4.69) is 20.4 Å². The number of nitrogens with zero attached hydrogens (tertiary/aromatic N) is 4. The molecule has 4 aromatic rings. The second-order valence-electron chi connectivity index (χ2n) is 6.14. The van der Waals surface area contributed by atoms with Gasteiger partial charge in [0, 0.05) is 11.6 Å². The Balaban J connectivity index is 1.59. The number of pyridine rings is 1. The fraction of sp³-hybridized carbons (Fsp3) is 0.100. The molecule has 28 heavy (non-hydrogen) atoms. The van der Waals surface area contributed by atoms with Gasteiger partial charge in [-0.2, -0.15) is 5.10 Å². The third-order valence-corrected chi connectivity index (χ3v) is 5.00. The fourth-order valence-electron chi connectivity index (χ4n) is 2.93. The second kappa shape index (κ2) is 7.32. The molecule has 1 aromatic carbocycles. The number of nitrogens with one attached hydrogen (secondary N) is 1. The Labute approximate surface area is 164 Å². The summed E-state index contributed by atoms with van der Waals surface area (Å²) in [6.45, 7) is 3.57. The minimum Gasteiger partial charge on any atom is -0.298 e. The second-order valence-corrected chi connectivity index (χ2v) is 7.00. The van der Waals surface area contributed by atoms with Crippen molar-refractivity contribution in [3.05, 3.63) is 76.8 Å². The van der Waals surface area contributed by atoms with Crippen molar-refractivity contribution in [3.63, 3.8) is 0 Å². The first-order valence-corrected chi connectivity index (χ1v) is 9.41. The van der Waals surface area contributed by atoms with Crippen LogP contribution < -0.4 is 5.32 Å². The zero-order valence-electron chi connectivity index (χ0n) is 15.2. The summed E-state index contributed by atoms with van der Waals surface area (Å²) in [5, 5.41) is 9.60. The van der Waals surface area contributed by atoms with E-state index in [4.69, 9.17) is 0 Å². The molecule has 1 N–H and O–H groups in total. The number of carbonyl (C=O) groups is 1. The summed E-state index contributed by atoms with van der Waals surface area (Å²) in [4.78, 5) is 21.5. The van der Waals surface area contributed by atoms with Crippen molar-refractivity contribution < 1.29 is 9.18 Å². The van der Waals surface area contributed by atoms with Crippen LogP contribution in [0.2, 0.25) is 0 Å². The van der Waals surface area contributed by atoms with Crippen LogP contribution in [0.1, 0.15) is 21.7 Å². The SMILES string of the molecule is Cc1nn(-c2ccc(F)cc2)c(C)c1C(=O)Nc1nc(-c2ccccn2)cs1. The smallest absolute Gasteiger partial charge is 0.261 e. The minimum atomic E-state index is -0.323. The number of amides is 1. The van der Waals surface area contributed by atoms with E-state index in [1.54, 1.807) is 36.9 Å². The van der Waals surface area contributed by atoms with Gasteiger partial charge in [0.25, 0.3) is 5.91 Å². The number of rotatable bonds is 4. The van der Waals surface area contributed by atoms with Gasteiger partial charge in [0.15, 0.2) is 5.13 Å². The molecule has 140 valence electrons. The van der Waals surface area contributed by atoms with Crippen LogP contribution in [0.3, 0.4) is 0 Å². The van der Waals surface area contributed by atoms with Crippen molar-refractivity contribution in [1.82, 2.24) is 19.7 Å². The van der Waals surface area contributed by atoms with Crippen molar-refractivity contribution >= 4 is 22.4 Å². The molecule has 0 fully saturated rings. The summed E-state index contributed by atoms with van der Waals surface area (Å²) in [6.07, 6.45) is 1.70. The molecule has 0 saturated heterocycles. The van der Waals surface area contributed by atoms with Gasteiger partial charge in [-0.15, -0.1) is 11.3 Å².